The average Bonchev–Trinajstić information content (AvgIpc) is 3.32. The summed E-state index contributed by atoms with van der Waals surface area (Å²) in [6.45, 7) is 2.47. The van der Waals surface area contributed by atoms with E-state index in [2.05, 4.69) is 15.5 Å². The molecule has 2 heterocycles. The van der Waals surface area contributed by atoms with E-state index in [0.29, 0.717) is 39.6 Å². The minimum absolute atomic E-state index is 0.0712. The summed E-state index contributed by atoms with van der Waals surface area (Å²) in [5.74, 6) is 1.07. The third-order valence-corrected chi connectivity index (χ3v) is 5.38. The second-order valence-electron chi connectivity index (χ2n) is 8.00. The lowest BCUT2D eigenvalue weighted by Crippen LogP contribution is -2.23. The highest BCUT2D eigenvalue weighted by Gasteiger charge is 2.29. The van der Waals surface area contributed by atoms with Crippen molar-refractivity contribution in [3.05, 3.63) is 69.8 Å². The minimum atomic E-state index is -4.35. The van der Waals surface area contributed by atoms with Crippen molar-refractivity contribution in [2.24, 2.45) is 7.05 Å². The number of ether oxygens (including phenoxy) is 2. The predicted molar refractivity (Wildman–Crippen MR) is 121 cm³/mol. The number of halogens is 3. The van der Waals surface area contributed by atoms with E-state index in [1.54, 1.807) is 43.3 Å². The lowest BCUT2D eigenvalue weighted by atomic mass is 10.1. The van der Waals surface area contributed by atoms with Gasteiger partial charge in [0.05, 0.1) is 24.1 Å². The molecule has 0 aliphatic carbocycles. The lowest BCUT2D eigenvalue weighted by Gasteiger charge is -2.15. The zero-order chi connectivity index (χ0) is 25.3. The van der Waals surface area contributed by atoms with Crippen molar-refractivity contribution in [1.29, 1.82) is 0 Å². The molecule has 0 unspecified atom stereocenters. The second-order valence-corrected chi connectivity index (χ2v) is 8.00. The SMILES string of the molecule is COc1cccc(-n2nnn(C)c2=O)c1COc1ccc(-c2nn(CC(F)(F)F)cc2C)cc1C. The number of hydrogen-bond donors (Lipinski definition) is 0. The van der Waals surface area contributed by atoms with Gasteiger partial charge in [-0.05, 0) is 65.7 Å². The Balaban J connectivity index is 1.60. The summed E-state index contributed by atoms with van der Waals surface area (Å²) in [6, 6.07) is 10.5. The first-order valence-electron chi connectivity index (χ1n) is 10.6. The average molecular weight is 488 g/mol. The van der Waals surface area contributed by atoms with Crippen LogP contribution in [-0.2, 0) is 20.2 Å². The molecule has 4 aromatic rings. The van der Waals surface area contributed by atoms with Gasteiger partial charge < -0.3 is 9.47 Å². The largest absolute Gasteiger partial charge is 0.496 e. The van der Waals surface area contributed by atoms with Gasteiger partial charge in [-0.3, -0.25) is 4.68 Å². The van der Waals surface area contributed by atoms with E-state index in [1.165, 1.54) is 20.4 Å². The Hall–Kier alpha value is -4.09. The predicted octanol–water partition coefficient (Wildman–Crippen LogP) is 3.60. The lowest BCUT2D eigenvalue weighted by molar-refractivity contribution is -0.142. The highest BCUT2D eigenvalue weighted by Crippen LogP contribution is 2.30. The summed E-state index contributed by atoms with van der Waals surface area (Å²) >= 11 is 0. The van der Waals surface area contributed by atoms with E-state index in [4.69, 9.17) is 9.47 Å². The quantitative estimate of drug-likeness (QED) is 0.395. The molecule has 0 spiro atoms. The maximum Gasteiger partial charge on any atom is 0.408 e. The maximum atomic E-state index is 12.7. The number of alkyl halides is 3. The van der Waals surface area contributed by atoms with Crippen LogP contribution in [0.4, 0.5) is 13.2 Å². The maximum absolute atomic E-state index is 12.7. The fourth-order valence-corrected chi connectivity index (χ4v) is 3.73. The van der Waals surface area contributed by atoms with Gasteiger partial charge in [-0.2, -0.15) is 27.6 Å². The molecule has 2 aromatic carbocycles. The molecule has 0 amide bonds. The van der Waals surface area contributed by atoms with E-state index in [1.807, 2.05) is 6.92 Å². The smallest absolute Gasteiger partial charge is 0.408 e. The van der Waals surface area contributed by atoms with Gasteiger partial charge in [0.15, 0.2) is 0 Å². The standard InChI is InChI=1S/C23H23F3N6O3/c1-14-10-16(21-15(2)11-31(27-21)13-23(24,25)26)8-9-19(14)35-12-17-18(6-5-7-20(17)34-4)32-22(33)30(3)28-29-32/h5-11H,12-13H2,1-4H3. The molecule has 184 valence electrons. The monoisotopic (exact) mass is 488 g/mol. The van der Waals surface area contributed by atoms with E-state index in [-0.39, 0.29) is 6.61 Å². The molecular formula is C23H23F3N6O3. The van der Waals surface area contributed by atoms with Crippen LogP contribution in [-0.4, -0.2) is 42.9 Å². The van der Waals surface area contributed by atoms with Crippen LogP contribution in [0.15, 0.2) is 47.4 Å². The highest BCUT2D eigenvalue weighted by molar-refractivity contribution is 5.64. The molecule has 4 rings (SSSR count). The zero-order valence-electron chi connectivity index (χ0n) is 19.5. The van der Waals surface area contributed by atoms with Crippen LogP contribution >= 0.6 is 0 Å². The van der Waals surface area contributed by atoms with E-state index in [0.717, 1.165) is 19.6 Å². The first-order chi connectivity index (χ1) is 16.6. The first kappa shape index (κ1) is 24.0. The summed E-state index contributed by atoms with van der Waals surface area (Å²) in [6.07, 6.45) is -2.97. The van der Waals surface area contributed by atoms with Crippen molar-refractivity contribution in [2.45, 2.75) is 33.2 Å². The summed E-state index contributed by atoms with van der Waals surface area (Å²) in [4.78, 5) is 12.4. The van der Waals surface area contributed by atoms with Gasteiger partial charge >= 0.3 is 11.9 Å². The van der Waals surface area contributed by atoms with E-state index < -0.39 is 18.4 Å². The Bertz CT molecular complexity index is 1420. The molecule has 0 saturated heterocycles. The van der Waals surface area contributed by atoms with Crippen LogP contribution < -0.4 is 15.2 Å². The van der Waals surface area contributed by atoms with E-state index in [9.17, 15) is 18.0 Å². The Morgan fingerprint density at radius 2 is 1.80 bits per heavy atom. The van der Waals surface area contributed by atoms with E-state index >= 15 is 0 Å². The molecule has 12 heteroatoms. The Labute approximate surface area is 198 Å². The molecule has 0 aliphatic rings. The number of aromatic nitrogens is 6. The number of aryl methyl sites for hydroxylation is 3. The van der Waals surface area contributed by atoms with Crippen LogP contribution in [0.25, 0.3) is 16.9 Å². The number of rotatable bonds is 7. The Morgan fingerprint density at radius 3 is 2.43 bits per heavy atom. The molecule has 0 radical (unpaired) electrons. The molecule has 0 saturated carbocycles. The zero-order valence-corrected chi connectivity index (χ0v) is 19.5. The number of benzene rings is 2. The van der Waals surface area contributed by atoms with Crippen LogP contribution in [0.5, 0.6) is 11.5 Å². The van der Waals surface area contributed by atoms with Gasteiger partial charge in [0.25, 0.3) is 0 Å². The van der Waals surface area contributed by atoms with Crippen molar-refractivity contribution in [3.8, 4) is 28.4 Å². The summed E-state index contributed by atoms with van der Waals surface area (Å²) in [7, 11) is 3.02. The normalized spacial score (nSPS) is 11.6. The fraction of sp³-hybridized carbons (Fsp3) is 0.304. The number of hydrogen-bond acceptors (Lipinski definition) is 6. The van der Waals surface area contributed by atoms with Gasteiger partial charge in [-0.1, -0.05) is 6.07 Å². The minimum Gasteiger partial charge on any atom is -0.496 e. The van der Waals surface area contributed by atoms with Gasteiger partial charge in [0.1, 0.15) is 24.7 Å². The highest BCUT2D eigenvalue weighted by atomic mass is 19.4. The molecule has 0 atom stereocenters. The van der Waals surface area contributed by atoms with Crippen LogP contribution in [0.1, 0.15) is 16.7 Å². The van der Waals surface area contributed by atoms with Crippen molar-refractivity contribution < 1.29 is 22.6 Å². The molecule has 0 fully saturated rings. The van der Waals surface area contributed by atoms with Crippen LogP contribution in [0.2, 0.25) is 0 Å². The van der Waals surface area contributed by atoms with Crippen LogP contribution in [0.3, 0.4) is 0 Å². The molecule has 9 nitrogen and oxygen atoms in total. The molecule has 0 N–H and O–H groups in total. The molecular weight excluding hydrogens is 465 g/mol. The number of methoxy groups -OCH3 is 1. The Morgan fingerprint density at radius 1 is 1.03 bits per heavy atom. The van der Waals surface area contributed by atoms with Crippen LogP contribution in [0, 0.1) is 13.8 Å². The Kier molecular flexibility index (Phi) is 6.37. The molecule has 0 bridgehead atoms. The fourth-order valence-electron chi connectivity index (χ4n) is 3.73. The van der Waals surface area contributed by atoms with Crippen molar-refractivity contribution in [2.75, 3.05) is 7.11 Å². The number of nitrogens with zero attached hydrogens (tertiary/aromatic N) is 6. The molecule has 35 heavy (non-hydrogen) atoms. The van der Waals surface area contributed by atoms with Gasteiger partial charge in [-0.25, -0.2) is 4.79 Å². The summed E-state index contributed by atoms with van der Waals surface area (Å²) < 4.78 is 52.9. The molecule has 0 aliphatic heterocycles. The third kappa shape index (κ3) is 5.05. The summed E-state index contributed by atoms with van der Waals surface area (Å²) in [5.41, 5.74) is 3.21. The second kappa shape index (κ2) is 9.28. The number of tetrazole rings is 1. The van der Waals surface area contributed by atoms with Crippen molar-refractivity contribution in [1.82, 2.24) is 29.6 Å². The van der Waals surface area contributed by atoms with Gasteiger partial charge in [0, 0.05) is 18.8 Å². The third-order valence-electron chi connectivity index (χ3n) is 5.38. The summed E-state index contributed by atoms with van der Waals surface area (Å²) in [5, 5.41) is 11.8. The first-order valence-corrected chi connectivity index (χ1v) is 10.6. The van der Waals surface area contributed by atoms with Crippen molar-refractivity contribution >= 4 is 0 Å². The van der Waals surface area contributed by atoms with Crippen molar-refractivity contribution in [3.63, 3.8) is 0 Å². The topological polar surface area (TPSA) is 89.0 Å². The van der Waals surface area contributed by atoms with Gasteiger partial charge in [-0.15, -0.1) is 0 Å². The molecule has 2 aromatic heterocycles. The van der Waals surface area contributed by atoms with Gasteiger partial charge in [0.2, 0.25) is 0 Å².